The summed E-state index contributed by atoms with van der Waals surface area (Å²) in [4.78, 5) is 14.4. The fourth-order valence-corrected chi connectivity index (χ4v) is 1.88. The molecule has 0 unspecified atom stereocenters. The number of benzene rings is 2. The Morgan fingerprint density at radius 3 is 2.50 bits per heavy atom. The molecule has 0 aliphatic rings. The minimum absolute atomic E-state index is 0.0738. The van der Waals surface area contributed by atoms with Gasteiger partial charge in [0.2, 0.25) is 0 Å². The first-order valence-corrected chi connectivity index (χ1v) is 6.19. The smallest absolute Gasteiger partial charge is 0.278 e. The van der Waals surface area contributed by atoms with Crippen LogP contribution in [-0.4, -0.2) is 16.2 Å². The van der Waals surface area contributed by atoms with Crippen molar-refractivity contribution in [2.75, 3.05) is 0 Å². The third kappa shape index (κ3) is 3.26. The molecule has 2 rings (SSSR count). The van der Waals surface area contributed by atoms with Crippen LogP contribution in [0.5, 0.6) is 5.75 Å². The number of hydrogen-bond donors (Lipinski definition) is 1. The van der Waals surface area contributed by atoms with Crippen molar-refractivity contribution in [2.45, 2.75) is 0 Å². The Kier molecular flexibility index (Phi) is 4.22. The molecule has 0 aliphatic carbocycles. The van der Waals surface area contributed by atoms with E-state index in [1.165, 1.54) is 42.6 Å². The topological polar surface area (TPSA) is 75.7 Å². The van der Waals surface area contributed by atoms with Crippen molar-refractivity contribution in [1.29, 1.82) is 0 Å². The van der Waals surface area contributed by atoms with Gasteiger partial charge in [0.15, 0.2) is 0 Å². The van der Waals surface area contributed by atoms with Gasteiger partial charge in [-0.25, -0.2) is 0 Å². The number of hydrogen-bond acceptors (Lipinski definition) is 4. The van der Waals surface area contributed by atoms with Crippen molar-refractivity contribution in [2.24, 2.45) is 4.99 Å². The van der Waals surface area contributed by atoms with E-state index in [-0.39, 0.29) is 22.7 Å². The van der Waals surface area contributed by atoms with E-state index in [1.54, 1.807) is 0 Å². The van der Waals surface area contributed by atoms with E-state index in [0.29, 0.717) is 10.0 Å². The number of nitro benzene ring substituents is 1. The Balaban J connectivity index is 2.43. The molecule has 7 heteroatoms. The summed E-state index contributed by atoms with van der Waals surface area (Å²) in [6.45, 7) is 0. The maximum Gasteiger partial charge on any atom is 0.278 e. The van der Waals surface area contributed by atoms with Gasteiger partial charge in [-0.05, 0) is 30.3 Å². The Hall–Kier alpha value is -2.11. The van der Waals surface area contributed by atoms with E-state index in [2.05, 4.69) is 4.99 Å². The summed E-state index contributed by atoms with van der Waals surface area (Å²) < 4.78 is 0. The standard InChI is InChI=1S/C13H8Cl2N2O3/c14-9-1-3-12(17(19)20)8(5-9)7-16-11-6-10(15)2-4-13(11)18/h1-7,18H. The summed E-state index contributed by atoms with van der Waals surface area (Å²) >= 11 is 11.6. The van der Waals surface area contributed by atoms with Gasteiger partial charge in [0, 0.05) is 22.3 Å². The zero-order chi connectivity index (χ0) is 14.7. The number of nitrogens with zero attached hydrogens (tertiary/aromatic N) is 2. The number of halogens is 2. The fourth-order valence-electron chi connectivity index (χ4n) is 1.53. The van der Waals surface area contributed by atoms with Crippen molar-refractivity contribution >= 4 is 40.8 Å². The summed E-state index contributed by atoms with van der Waals surface area (Å²) in [5, 5.41) is 21.3. The molecule has 0 spiro atoms. The highest BCUT2D eigenvalue weighted by molar-refractivity contribution is 6.31. The van der Waals surface area contributed by atoms with Crippen LogP contribution in [0.15, 0.2) is 41.4 Å². The molecule has 5 nitrogen and oxygen atoms in total. The monoisotopic (exact) mass is 310 g/mol. The predicted octanol–water partition coefficient (Wildman–Crippen LogP) is 4.36. The van der Waals surface area contributed by atoms with Crippen molar-refractivity contribution in [3.05, 3.63) is 62.1 Å². The number of phenolic OH excluding ortho intramolecular Hbond substituents is 1. The second-order valence-electron chi connectivity index (χ2n) is 3.85. The molecule has 0 saturated carbocycles. The third-order valence-electron chi connectivity index (χ3n) is 2.47. The lowest BCUT2D eigenvalue weighted by molar-refractivity contribution is -0.385. The van der Waals surface area contributed by atoms with Crippen LogP contribution in [0.4, 0.5) is 11.4 Å². The van der Waals surface area contributed by atoms with E-state index >= 15 is 0 Å². The first-order chi connectivity index (χ1) is 9.47. The molecule has 0 amide bonds. The van der Waals surface area contributed by atoms with Gasteiger partial charge in [-0.2, -0.15) is 0 Å². The molecular weight excluding hydrogens is 303 g/mol. The van der Waals surface area contributed by atoms with Gasteiger partial charge in [-0.3, -0.25) is 15.1 Å². The van der Waals surface area contributed by atoms with Gasteiger partial charge < -0.3 is 5.11 Å². The molecule has 0 saturated heterocycles. The van der Waals surface area contributed by atoms with Gasteiger partial charge >= 0.3 is 0 Å². The molecule has 0 atom stereocenters. The van der Waals surface area contributed by atoms with Crippen LogP contribution in [0.2, 0.25) is 10.0 Å². The maximum atomic E-state index is 10.9. The van der Waals surface area contributed by atoms with Crippen LogP contribution in [-0.2, 0) is 0 Å². The van der Waals surface area contributed by atoms with E-state index in [4.69, 9.17) is 23.2 Å². The predicted molar refractivity (Wildman–Crippen MR) is 78.5 cm³/mol. The molecule has 0 radical (unpaired) electrons. The average molecular weight is 311 g/mol. The molecule has 0 aromatic heterocycles. The van der Waals surface area contributed by atoms with Crippen LogP contribution >= 0.6 is 23.2 Å². The molecule has 0 bridgehead atoms. The highest BCUT2D eigenvalue weighted by Gasteiger charge is 2.12. The van der Waals surface area contributed by atoms with Crippen molar-refractivity contribution in [1.82, 2.24) is 0 Å². The van der Waals surface area contributed by atoms with Crippen molar-refractivity contribution in [3.8, 4) is 5.75 Å². The maximum absolute atomic E-state index is 10.9. The van der Waals surface area contributed by atoms with E-state index in [9.17, 15) is 15.2 Å². The Morgan fingerprint density at radius 2 is 1.80 bits per heavy atom. The summed E-state index contributed by atoms with van der Waals surface area (Å²) in [5.41, 5.74) is 0.327. The second kappa shape index (κ2) is 5.90. The van der Waals surface area contributed by atoms with E-state index < -0.39 is 4.92 Å². The normalized spacial score (nSPS) is 10.9. The van der Waals surface area contributed by atoms with Crippen LogP contribution in [0.3, 0.4) is 0 Å². The highest BCUT2D eigenvalue weighted by atomic mass is 35.5. The molecular formula is C13H8Cl2N2O3. The van der Waals surface area contributed by atoms with Crippen LogP contribution in [0.25, 0.3) is 0 Å². The fraction of sp³-hybridized carbons (Fsp3) is 0. The lowest BCUT2D eigenvalue weighted by Crippen LogP contribution is -1.94. The Bertz CT molecular complexity index is 702. The van der Waals surface area contributed by atoms with Gasteiger partial charge in [0.25, 0.3) is 5.69 Å². The Morgan fingerprint density at radius 1 is 1.15 bits per heavy atom. The third-order valence-corrected chi connectivity index (χ3v) is 2.94. The Labute approximate surface area is 124 Å². The van der Waals surface area contributed by atoms with Gasteiger partial charge in [0.1, 0.15) is 11.4 Å². The van der Waals surface area contributed by atoms with Gasteiger partial charge in [-0.15, -0.1) is 0 Å². The van der Waals surface area contributed by atoms with Crippen LogP contribution < -0.4 is 0 Å². The lowest BCUT2D eigenvalue weighted by atomic mass is 10.2. The van der Waals surface area contributed by atoms with Gasteiger partial charge in [-0.1, -0.05) is 23.2 Å². The average Bonchev–Trinajstić information content (AvgIpc) is 2.39. The number of nitro groups is 1. The van der Waals surface area contributed by atoms with Crippen LogP contribution in [0, 0.1) is 10.1 Å². The van der Waals surface area contributed by atoms with Crippen molar-refractivity contribution in [3.63, 3.8) is 0 Å². The molecule has 2 aromatic rings. The van der Waals surface area contributed by atoms with Crippen LogP contribution in [0.1, 0.15) is 5.56 Å². The number of phenols is 1. The second-order valence-corrected chi connectivity index (χ2v) is 4.72. The highest BCUT2D eigenvalue weighted by Crippen LogP contribution is 2.30. The summed E-state index contributed by atoms with van der Waals surface area (Å²) in [7, 11) is 0. The number of aliphatic imine (C=N–C) groups is 1. The molecule has 20 heavy (non-hydrogen) atoms. The summed E-state index contributed by atoms with van der Waals surface area (Å²) in [5.74, 6) is -0.0738. The minimum Gasteiger partial charge on any atom is -0.506 e. The lowest BCUT2D eigenvalue weighted by Gasteiger charge is -2.00. The molecule has 0 aliphatic heterocycles. The van der Waals surface area contributed by atoms with Gasteiger partial charge in [0.05, 0.1) is 10.5 Å². The largest absolute Gasteiger partial charge is 0.506 e. The summed E-state index contributed by atoms with van der Waals surface area (Å²) in [6, 6.07) is 8.49. The molecule has 0 fully saturated rings. The zero-order valence-corrected chi connectivity index (χ0v) is 11.5. The number of rotatable bonds is 3. The minimum atomic E-state index is -0.532. The first kappa shape index (κ1) is 14.3. The van der Waals surface area contributed by atoms with E-state index in [1.807, 2.05) is 0 Å². The number of aromatic hydroxyl groups is 1. The molecule has 102 valence electrons. The first-order valence-electron chi connectivity index (χ1n) is 5.44. The molecule has 2 aromatic carbocycles. The molecule has 1 N–H and O–H groups in total. The quantitative estimate of drug-likeness (QED) is 0.520. The van der Waals surface area contributed by atoms with E-state index in [0.717, 1.165) is 0 Å². The molecule has 0 heterocycles. The SMILES string of the molecule is O=[N+]([O-])c1ccc(Cl)cc1C=Nc1cc(Cl)ccc1O. The van der Waals surface area contributed by atoms with Crippen molar-refractivity contribution < 1.29 is 10.0 Å². The zero-order valence-electron chi connectivity index (χ0n) is 9.96. The summed E-state index contributed by atoms with van der Waals surface area (Å²) in [6.07, 6.45) is 1.26.